The lowest BCUT2D eigenvalue weighted by Gasteiger charge is -2.35. The Morgan fingerprint density at radius 1 is 1.06 bits per heavy atom. The minimum atomic E-state index is -0.554. The summed E-state index contributed by atoms with van der Waals surface area (Å²) < 4.78 is 5.51. The normalized spacial score (nSPS) is 18.9. The number of carbonyl (C=O) groups excluding carboxylic acids is 2. The van der Waals surface area contributed by atoms with E-state index in [9.17, 15) is 9.59 Å². The summed E-state index contributed by atoms with van der Waals surface area (Å²) in [5.74, 6) is 1.07. The van der Waals surface area contributed by atoms with Crippen molar-refractivity contribution in [2.75, 3.05) is 26.2 Å². The maximum Gasteiger partial charge on any atom is 0.227 e. The summed E-state index contributed by atoms with van der Waals surface area (Å²) in [4.78, 5) is 33.7. The molecule has 4 rings (SSSR count). The fourth-order valence-electron chi connectivity index (χ4n) is 5.18. The summed E-state index contributed by atoms with van der Waals surface area (Å²) in [5.41, 5.74) is 2.10. The molecule has 2 fully saturated rings. The highest BCUT2D eigenvalue weighted by Crippen LogP contribution is 2.34. The minimum Gasteiger partial charge on any atom is -0.343 e. The average molecular weight is 468 g/mol. The summed E-state index contributed by atoms with van der Waals surface area (Å²) in [7, 11) is 0. The molecule has 2 heterocycles. The number of hydrogen-bond donors (Lipinski definition) is 1. The van der Waals surface area contributed by atoms with Crippen molar-refractivity contribution >= 4 is 11.8 Å². The molecule has 8 heteroatoms. The molecule has 1 saturated carbocycles. The number of aromatic nitrogens is 2. The Morgan fingerprint density at radius 3 is 2.44 bits per heavy atom. The van der Waals surface area contributed by atoms with Crippen LogP contribution in [0, 0.1) is 6.92 Å². The van der Waals surface area contributed by atoms with E-state index in [4.69, 9.17) is 4.52 Å². The van der Waals surface area contributed by atoms with E-state index in [1.165, 1.54) is 18.1 Å². The Hall–Kier alpha value is -2.74. The highest BCUT2D eigenvalue weighted by molar-refractivity contribution is 5.76. The average Bonchev–Trinajstić information content (AvgIpc) is 3.19. The van der Waals surface area contributed by atoms with Crippen molar-refractivity contribution in [2.24, 2.45) is 0 Å². The minimum absolute atomic E-state index is 0.0787. The van der Waals surface area contributed by atoms with E-state index >= 15 is 0 Å². The molecule has 2 aromatic rings. The standard InChI is InChI=1S/C26H37N5O3/c1-20-9-5-6-10-22(20)19-30-15-17-31(18-16-30)24(33)12-11-23-27-25(29-34-23)26(28-21(2)32)13-7-3-4-8-14-26/h5-6,9-10H,3-4,7-8,11-19H2,1-2H3,(H,28,32). The number of nitrogens with zero attached hydrogens (tertiary/aromatic N) is 4. The monoisotopic (exact) mass is 467 g/mol. The number of piperazine rings is 1. The molecule has 2 amide bonds. The van der Waals surface area contributed by atoms with Gasteiger partial charge in [0.05, 0.1) is 0 Å². The number of benzene rings is 1. The molecular weight excluding hydrogens is 430 g/mol. The molecule has 0 spiro atoms. The van der Waals surface area contributed by atoms with Crippen molar-refractivity contribution in [1.29, 1.82) is 0 Å². The van der Waals surface area contributed by atoms with Crippen molar-refractivity contribution in [3.8, 4) is 0 Å². The third kappa shape index (κ3) is 6.03. The van der Waals surface area contributed by atoms with Gasteiger partial charge < -0.3 is 14.7 Å². The maximum absolute atomic E-state index is 12.8. The summed E-state index contributed by atoms with van der Waals surface area (Å²) in [6, 6.07) is 8.47. The second-order valence-electron chi connectivity index (χ2n) is 9.77. The van der Waals surface area contributed by atoms with Gasteiger partial charge in [-0.2, -0.15) is 4.98 Å². The number of hydrogen-bond acceptors (Lipinski definition) is 6. The summed E-state index contributed by atoms with van der Waals surface area (Å²) in [6.45, 7) is 7.85. The maximum atomic E-state index is 12.8. The van der Waals surface area contributed by atoms with E-state index in [2.05, 4.69) is 51.5 Å². The zero-order valence-corrected chi connectivity index (χ0v) is 20.5. The predicted octanol–water partition coefficient (Wildman–Crippen LogP) is 3.34. The molecule has 0 atom stereocenters. The number of amides is 2. The van der Waals surface area contributed by atoms with Crippen molar-refractivity contribution in [3.63, 3.8) is 0 Å². The second kappa shape index (κ2) is 11.1. The van der Waals surface area contributed by atoms with Crippen molar-refractivity contribution in [3.05, 3.63) is 47.1 Å². The molecule has 0 radical (unpaired) electrons. The van der Waals surface area contributed by atoms with Gasteiger partial charge in [0.15, 0.2) is 5.82 Å². The quantitative estimate of drug-likeness (QED) is 0.628. The van der Waals surface area contributed by atoms with Crippen LogP contribution in [0.3, 0.4) is 0 Å². The Kier molecular flexibility index (Phi) is 7.98. The molecule has 1 aliphatic heterocycles. The highest BCUT2D eigenvalue weighted by Gasteiger charge is 2.38. The first-order valence-electron chi connectivity index (χ1n) is 12.6. The van der Waals surface area contributed by atoms with E-state index in [1.54, 1.807) is 0 Å². The smallest absolute Gasteiger partial charge is 0.227 e. The molecule has 0 bridgehead atoms. The molecule has 1 N–H and O–H groups in total. The van der Waals surface area contributed by atoms with E-state index in [1.807, 2.05) is 4.90 Å². The summed E-state index contributed by atoms with van der Waals surface area (Å²) in [6.07, 6.45) is 6.76. The van der Waals surface area contributed by atoms with Crippen LogP contribution < -0.4 is 5.32 Å². The van der Waals surface area contributed by atoms with E-state index < -0.39 is 5.54 Å². The summed E-state index contributed by atoms with van der Waals surface area (Å²) >= 11 is 0. The van der Waals surface area contributed by atoms with E-state index in [0.717, 1.165) is 71.2 Å². The van der Waals surface area contributed by atoms with Gasteiger partial charge in [-0.25, -0.2) is 0 Å². The fourth-order valence-corrected chi connectivity index (χ4v) is 5.18. The van der Waals surface area contributed by atoms with Crippen LogP contribution in [0.2, 0.25) is 0 Å². The number of carbonyl (C=O) groups is 2. The van der Waals surface area contributed by atoms with Gasteiger partial charge in [0.25, 0.3) is 0 Å². The lowest BCUT2D eigenvalue weighted by Crippen LogP contribution is -2.48. The SMILES string of the molecule is CC(=O)NC1(c2noc(CCC(=O)N3CCN(Cc4ccccc4C)CC3)n2)CCCCCC1. The summed E-state index contributed by atoms with van der Waals surface area (Å²) in [5, 5.41) is 7.32. The van der Waals surface area contributed by atoms with Gasteiger partial charge in [-0.1, -0.05) is 55.1 Å². The van der Waals surface area contributed by atoms with Crippen molar-refractivity contribution in [2.45, 2.75) is 77.3 Å². The van der Waals surface area contributed by atoms with Crippen molar-refractivity contribution < 1.29 is 14.1 Å². The third-order valence-electron chi connectivity index (χ3n) is 7.20. The molecule has 1 aliphatic carbocycles. The Bertz CT molecular complexity index is 972. The van der Waals surface area contributed by atoms with Gasteiger partial charge in [-0.3, -0.25) is 14.5 Å². The van der Waals surface area contributed by atoms with Crippen LogP contribution in [-0.2, 0) is 28.1 Å². The topological polar surface area (TPSA) is 91.6 Å². The first kappa shape index (κ1) is 24.4. The molecule has 1 aromatic carbocycles. The lowest BCUT2D eigenvalue weighted by molar-refractivity contribution is -0.133. The highest BCUT2D eigenvalue weighted by atomic mass is 16.5. The molecule has 1 saturated heterocycles. The number of nitrogens with one attached hydrogen (secondary N) is 1. The predicted molar refractivity (Wildman–Crippen MR) is 129 cm³/mol. The van der Waals surface area contributed by atoms with Gasteiger partial charge in [0.2, 0.25) is 17.7 Å². The molecule has 184 valence electrons. The van der Waals surface area contributed by atoms with Crippen LogP contribution in [-0.4, -0.2) is 57.9 Å². The van der Waals surface area contributed by atoms with Crippen LogP contribution in [0.15, 0.2) is 28.8 Å². The first-order valence-corrected chi connectivity index (χ1v) is 12.6. The van der Waals surface area contributed by atoms with E-state index in [0.29, 0.717) is 24.6 Å². The molecule has 0 unspecified atom stereocenters. The fraction of sp³-hybridized carbons (Fsp3) is 0.615. The van der Waals surface area contributed by atoms with Gasteiger partial charge in [-0.05, 0) is 30.9 Å². The Morgan fingerprint density at radius 2 is 1.76 bits per heavy atom. The largest absolute Gasteiger partial charge is 0.343 e. The number of rotatable bonds is 7. The molecule has 2 aliphatic rings. The Labute approximate surface area is 202 Å². The van der Waals surface area contributed by atoms with Gasteiger partial charge in [-0.15, -0.1) is 0 Å². The van der Waals surface area contributed by atoms with Gasteiger partial charge in [0.1, 0.15) is 5.54 Å². The van der Waals surface area contributed by atoms with Crippen LogP contribution in [0.4, 0.5) is 0 Å². The number of aryl methyl sites for hydroxylation is 2. The lowest BCUT2D eigenvalue weighted by atomic mass is 9.89. The van der Waals surface area contributed by atoms with Crippen LogP contribution in [0.25, 0.3) is 0 Å². The van der Waals surface area contributed by atoms with Crippen LogP contribution in [0.5, 0.6) is 0 Å². The molecule has 1 aromatic heterocycles. The Balaban J connectivity index is 1.28. The first-order chi connectivity index (χ1) is 16.4. The molecule has 34 heavy (non-hydrogen) atoms. The van der Waals surface area contributed by atoms with Gasteiger partial charge >= 0.3 is 0 Å². The third-order valence-corrected chi connectivity index (χ3v) is 7.20. The van der Waals surface area contributed by atoms with Crippen LogP contribution >= 0.6 is 0 Å². The van der Waals surface area contributed by atoms with Gasteiger partial charge in [0, 0.05) is 52.5 Å². The molecular formula is C26H37N5O3. The van der Waals surface area contributed by atoms with Crippen LogP contribution in [0.1, 0.15) is 74.7 Å². The van der Waals surface area contributed by atoms with E-state index in [-0.39, 0.29) is 11.8 Å². The zero-order valence-electron chi connectivity index (χ0n) is 20.5. The zero-order chi connectivity index (χ0) is 24.0. The molecule has 8 nitrogen and oxygen atoms in total. The van der Waals surface area contributed by atoms with Crippen molar-refractivity contribution in [1.82, 2.24) is 25.3 Å². The second-order valence-corrected chi connectivity index (χ2v) is 9.77.